The molecule has 0 radical (unpaired) electrons. The number of methoxy groups -OCH3 is 1. The van der Waals surface area contributed by atoms with Crippen LogP contribution >= 0.6 is 0 Å². The normalized spacial score (nSPS) is 14.3. The molecule has 19 heavy (non-hydrogen) atoms. The Morgan fingerprint density at radius 2 is 1.53 bits per heavy atom. The van der Waals surface area contributed by atoms with Crippen molar-refractivity contribution in [1.82, 2.24) is 0 Å². The van der Waals surface area contributed by atoms with E-state index in [9.17, 15) is 0 Å². The highest BCUT2D eigenvalue weighted by molar-refractivity contribution is 6.49. The first-order chi connectivity index (χ1) is 9.28. The minimum atomic E-state index is -0.272. The van der Waals surface area contributed by atoms with Crippen molar-refractivity contribution in [3.05, 3.63) is 54.1 Å². The third kappa shape index (κ3) is 2.26. The SMILES string of the molecule is COc1ccc(C(C)B2Oc3ccccc3O2)cc1. The Labute approximate surface area is 113 Å². The van der Waals surface area contributed by atoms with Gasteiger partial charge < -0.3 is 14.0 Å². The predicted molar refractivity (Wildman–Crippen MR) is 74.9 cm³/mol. The molecule has 3 nitrogen and oxygen atoms in total. The second-order valence-electron chi connectivity index (χ2n) is 4.61. The summed E-state index contributed by atoms with van der Waals surface area (Å²) < 4.78 is 16.8. The molecule has 3 rings (SSSR count). The molecule has 1 aliphatic heterocycles. The van der Waals surface area contributed by atoms with Gasteiger partial charge in [0, 0.05) is 5.82 Å². The molecule has 4 heteroatoms. The molecular weight excluding hydrogens is 239 g/mol. The van der Waals surface area contributed by atoms with Crippen LogP contribution in [0.2, 0.25) is 0 Å². The lowest BCUT2D eigenvalue weighted by atomic mass is 9.69. The molecule has 0 saturated heterocycles. The molecule has 1 heterocycles. The van der Waals surface area contributed by atoms with E-state index < -0.39 is 0 Å². The highest BCUT2D eigenvalue weighted by Gasteiger charge is 2.38. The van der Waals surface area contributed by atoms with Gasteiger partial charge in [0.05, 0.1) is 7.11 Å². The molecule has 2 aromatic rings. The average Bonchev–Trinajstić information content (AvgIpc) is 2.90. The lowest BCUT2D eigenvalue weighted by Crippen LogP contribution is -2.31. The molecule has 2 aromatic carbocycles. The maximum atomic E-state index is 5.83. The minimum Gasteiger partial charge on any atom is -0.523 e. The van der Waals surface area contributed by atoms with E-state index in [1.165, 1.54) is 5.56 Å². The highest BCUT2D eigenvalue weighted by atomic mass is 16.6. The van der Waals surface area contributed by atoms with Gasteiger partial charge in [-0.05, 0) is 29.8 Å². The summed E-state index contributed by atoms with van der Waals surface area (Å²) in [5.41, 5.74) is 1.17. The smallest absolute Gasteiger partial charge is 0.523 e. The zero-order valence-corrected chi connectivity index (χ0v) is 11.0. The monoisotopic (exact) mass is 254 g/mol. The van der Waals surface area contributed by atoms with Gasteiger partial charge in [-0.3, -0.25) is 0 Å². The summed E-state index contributed by atoms with van der Waals surface area (Å²) in [6.07, 6.45) is 0. The highest BCUT2D eigenvalue weighted by Crippen LogP contribution is 2.36. The van der Waals surface area contributed by atoms with E-state index in [4.69, 9.17) is 14.0 Å². The first kappa shape index (κ1) is 12.0. The average molecular weight is 254 g/mol. The zero-order chi connectivity index (χ0) is 13.2. The fourth-order valence-corrected chi connectivity index (χ4v) is 2.19. The van der Waals surface area contributed by atoms with Gasteiger partial charge in [-0.15, -0.1) is 0 Å². The van der Waals surface area contributed by atoms with Crippen LogP contribution in [-0.4, -0.2) is 14.2 Å². The number of fused-ring (bicyclic) bond motifs is 1. The molecule has 0 aliphatic carbocycles. The second kappa shape index (κ2) is 4.88. The Morgan fingerprint density at radius 3 is 2.05 bits per heavy atom. The standard InChI is InChI=1S/C15H15BO3/c1-11(12-7-9-13(17-2)10-8-12)16-18-14-5-3-4-6-15(14)19-16/h3-11H,1-2H3. The molecular formula is C15H15BO3. The Morgan fingerprint density at radius 1 is 0.947 bits per heavy atom. The van der Waals surface area contributed by atoms with E-state index in [1.54, 1.807) is 7.11 Å². The molecule has 0 N–H and O–H groups in total. The Balaban J connectivity index is 1.77. The van der Waals surface area contributed by atoms with Gasteiger partial charge >= 0.3 is 7.12 Å². The van der Waals surface area contributed by atoms with Crippen LogP contribution in [-0.2, 0) is 0 Å². The molecule has 0 bridgehead atoms. The van der Waals surface area contributed by atoms with Crippen molar-refractivity contribution in [2.24, 2.45) is 0 Å². The van der Waals surface area contributed by atoms with E-state index in [-0.39, 0.29) is 12.9 Å². The van der Waals surface area contributed by atoms with E-state index in [0.717, 1.165) is 17.2 Å². The fourth-order valence-electron chi connectivity index (χ4n) is 2.19. The predicted octanol–water partition coefficient (Wildman–Crippen LogP) is 3.30. The zero-order valence-electron chi connectivity index (χ0n) is 11.0. The number of rotatable bonds is 3. The fraction of sp³-hybridized carbons (Fsp3) is 0.200. The largest absolute Gasteiger partial charge is 0.602 e. The van der Waals surface area contributed by atoms with Crippen LogP contribution in [0, 0.1) is 0 Å². The van der Waals surface area contributed by atoms with Crippen LogP contribution in [0.3, 0.4) is 0 Å². The summed E-state index contributed by atoms with van der Waals surface area (Å²) in [5.74, 6) is 2.63. The molecule has 1 aliphatic rings. The van der Waals surface area contributed by atoms with Gasteiger partial charge in [0.1, 0.15) is 17.2 Å². The summed E-state index contributed by atoms with van der Waals surface area (Å²) in [6, 6.07) is 15.7. The van der Waals surface area contributed by atoms with Crippen LogP contribution < -0.4 is 14.0 Å². The van der Waals surface area contributed by atoms with Gasteiger partial charge in [-0.2, -0.15) is 0 Å². The van der Waals surface area contributed by atoms with Crippen molar-refractivity contribution in [2.75, 3.05) is 7.11 Å². The third-order valence-electron chi connectivity index (χ3n) is 3.39. The van der Waals surface area contributed by atoms with E-state index >= 15 is 0 Å². The molecule has 0 amide bonds. The van der Waals surface area contributed by atoms with Crippen molar-refractivity contribution < 1.29 is 14.0 Å². The van der Waals surface area contributed by atoms with Crippen molar-refractivity contribution in [1.29, 1.82) is 0 Å². The quantitative estimate of drug-likeness (QED) is 0.786. The Hall–Kier alpha value is -2.10. The molecule has 1 unspecified atom stereocenters. The van der Waals surface area contributed by atoms with Gasteiger partial charge in [-0.1, -0.05) is 31.2 Å². The molecule has 1 atom stereocenters. The van der Waals surface area contributed by atoms with Crippen molar-refractivity contribution in [3.63, 3.8) is 0 Å². The molecule has 0 fully saturated rings. The molecule has 96 valence electrons. The minimum absolute atomic E-state index is 0.151. The first-order valence-corrected chi connectivity index (χ1v) is 6.34. The van der Waals surface area contributed by atoms with E-state index in [1.807, 2.05) is 48.5 Å². The number of hydrogen-bond donors (Lipinski definition) is 0. The third-order valence-corrected chi connectivity index (χ3v) is 3.39. The van der Waals surface area contributed by atoms with Gasteiger partial charge in [0.2, 0.25) is 0 Å². The second-order valence-corrected chi connectivity index (χ2v) is 4.61. The number of hydrogen-bond acceptors (Lipinski definition) is 3. The van der Waals surface area contributed by atoms with Gasteiger partial charge in [-0.25, -0.2) is 0 Å². The molecule has 0 spiro atoms. The summed E-state index contributed by atoms with van der Waals surface area (Å²) in [5, 5.41) is 0. The van der Waals surface area contributed by atoms with Crippen molar-refractivity contribution in [3.8, 4) is 17.2 Å². The summed E-state index contributed by atoms with van der Waals surface area (Å²) in [4.78, 5) is 0. The summed E-state index contributed by atoms with van der Waals surface area (Å²) in [7, 11) is 1.39. The van der Waals surface area contributed by atoms with E-state index in [0.29, 0.717) is 0 Å². The Kier molecular flexibility index (Phi) is 3.07. The molecule has 0 aromatic heterocycles. The number of ether oxygens (including phenoxy) is 1. The first-order valence-electron chi connectivity index (χ1n) is 6.34. The Bertz CT molecular complexity index is 543. The van der Waals surface area contributed by atoms with Crippen LogP contribution in [0.1, 0.15) is 18.3 Å². The number of benzene rings is 2. The van der Waals surface area contributed by atoms with Crippen LogP contribution in [0.15, 0.2) is 48.5 Å². The van der Waals surface area contributed by atoms with Gasteiger partial charge in [0.25, 0.3) is 0 Å². The maximum absolute atomic E-state index is 5.83. The maximum Gasteiger partial charge on any atom is 0.602 e. The van der Waals surface area contributed by atoms with Crippen LogP contribution in [0.25, 0.3) is 0 Å². The summed E-state index contributed by atoms with van der Waals surface area (Å²) in [6.45, 7) is 2.10. The lowest BCUT2D eigenvalue weighted by Gasteiger charge is -2.14. The molecule has 0 saturated carbocycles. The van der Waals surface area contributed by atoms with Crippen molar-refractivity contribution in [2.45, 2.75) is 12.7 Å². The van der Waals surface area contributed by atoms with Crippen molar-refractivity contribution >= 4 is 7.12 Å². The topological polar surface area (TPSA) is 27.7 Å². The van der Waals surface area contributed by atoms with Gasteiger partial charge in [0.15, 0.2) is 0 Å². The lowest BCUT2D eigenvalue weighted by molar-refractivity contribution is 0.414. The van der Waals surface area contributed by atoms with E-state index in [2.05, 4.69) is 6.92 Å². The number of para-hydroxylation sites is 2. The van der Waals surface area contributed by atoms with Crippen LogP contribution in [0.4, 0.5) is 0 Å². The summed E-state index contributed by atoms with van der Waals surface area (Å²) >= 11 is 0. The van der Waals surface area contributed by atoms with Crippen LogP contribution in [0.5, 0.6) is 17.2 Å².